The Kier molecular flexibility index (Phi) is 4.69. The van der Waals surface area contributed by atoms with E-state index in [1.807, 2.05) is 19.1 Å². The third-order valence-corrected chi connectivity index (χ3v) is 5.31. The summed E-state index contributed by atoms with van der Waals surface area (Å²) in [4.78, 5) is 14.1. The van der Waals surface area contributed by atoms with Crippen LogP contribution in [-0.2, 0) is 14.8 Å². The monoisotopic (exact) mass is 373 g/mol. The van der Waals surface area contributed by atoms with Crippen molar-refractivity contribution in [1.82, 2.24) is 4.90 Å². The number of hydrogen-bond acceptors (Lipinski definition) is 5. The van der Waals surface area contributed by atoms with Gasteiger partial charge in [0, 0.05) is 12.6 Å². The first-order valence-electron chi connectivity index (χ1n) is 7.92. The van der Waals surface area contributed by atoms with Crippen LogP contribution >= 0.6 is 0 Å². The lowest BCUT2D eigenvalue weighted by Crippen LogP contribution is -2.35. The maximum Gasteiger partial charge on any atom is 0.285 e. The van der Waals surface area contributed by atoms with Gasteiger partial charge in [0.2, 0.25) is 5.91 Å². The molecule has 0 saturated carbocycles. The number of ether oxygens (including phenoxy) is 1. The average molecular weight is 373 g/mol. The standard InChI is InChI=1S/C18H19N3O4S/c1-12-8-9-15(25-3)14(10-12)19-17(22)11-21(2)18-13-6-4-5-7-16(13)26(23,24)20-18/h4-10H,11H2,1-3H3,(H,19,22). The van der Waals surface area contributed by atoms with Gasteiger partial charge < -0.3 is 15.0 Å². The molecule has 1 N–H and O–H groups in total. The summed E-state index contributed by atoms with van der Waals surface area (Å²) in [7, 11) is -0.558. The van der Waals surface area contributed by atoms with Crippen LogP contribution in [0.25, 0.3) is 0 Å². The summed E-state index contributed by atoms with van der Waals surface area (Å²) in [6.45, 7) is 1.86. The van der Waals surface area contributed by atoms with Gasteiger partial charge in [-0.25, -0.2) is 0 Å². The van der Waals surface area contributed by atoms with E-state index in [1.165, 1.54) is 18.1 Å². The third-order valence-electron chi connectivity index (χ3n) is 3.98. The van der Waals surface area contributed by atoms with Gasteiger partial charge in [-0.3, -0.25) is 4.79 Å². The number of likely N-dealkylation sites (N-methyl/N-ethyl adjacent to an activating group) is 1. The highest BCUT2D eigenvalue weighted by molar-refractivity contribution is 7.90. The maximum atomic E-state index is 12.4. The van der Waals surface area contributed by atoms with Gasteiger partial charge in [0.25, 0.3) is 10.0 Å². The van der Waals surface area contributed by atoms with E-state index in [9.17, 15) is 13.2 Å². The van der Waals surface area contributed by atoms with Gasteiger partial charge in [-0.05, 0) is 36.8 Å². The quantitative estimate of drug-likeness (QED) is 0.886. The Morgan fingerprint density at radius 2 is 1.96 bits per heavy atom. The van der Waals surface area contributed by atoms with Crippen LogP contribution in [0.5, 0.6) is 5.75 Å². The Morgan fingerprint density at radius 1 is 1.23 bits per heavy atom. The number of anilines is 1. The normalized spacial score (nSPS) is 14.3. The molecule has 0 aliphatic carbocycles. The average Bonchev–Trinajstić information content (AvgIpc) is 2.87. The zero-order valence-corrected chi connectivity index (χ0v) is 15.5. The van der Waals surface area contributed by atoms with Crippen LogP contribution in [0.4, 0.5) is 5.69 Å². The van der Waals surface area contributed by atoms with E-state index in [4.69, 9.17) is 4.74 Å². The Hall–Kier alpha value is -2.87. The fourth-order valence-electron chi connectivity index (χ4n) is 2.76. The van der Waals surface area contributed by atoms with Crippen molar-refractivity contribution in [3.63, 3.8) is 0 Å². The topological polar surface area (TPSA) is 88.1 Å². The molecule has 136 valence electrons. The molecule has 2 aromatic rings. The largest absolute Gasteiger partial charge is 0.495 e. The van der Waals surface area contributed by atoms with Gasteiger partial charge in [0.05, 0.1) is 19.3 Å². The molecule has 0 unspecified atom stereocenters. The van der Waals surface area contributed by atoms with Crippen molar-refractivity contribution in [2.45, 2.75) is 11.8 Å². The second-order valence-electron chi connectivity index (χ2n) is 5.99. The van der Waals surface area contributed by atoms with Crippen molar-refractivity contribution in [1.29, 1.82) is 0 Å². The number of nitrogens with one attached hydrogen (secondary N) is 1. The highest BCUT2D eigenvalue weighted by Gasteiger charge is 2.30. The molecule has 2 aromatic carbocycles. The minimum atomic E-state index is -3.72. The van der Waals surface area contributed by atoms with E-state index < -0.39 is 10.0 Å². The Labute approximate surface area is 152 Å². The number of methoxy groups -OCH3 is 1. The number of fused-ring (bicyclic) bond motifs is 1. The van der Waals surface area contributed by atoms with E-state index in [-0.39, 0.29) is 23.2 Å². The van der Waals surface area contributed by atoms with Gasteiger partial charge in [0.1, 0.15) is 10.6 Å². The highest BCUT2D eigenvalue weighted by Crippen LogP contribution is 2.27. The molecule has 1 aliphatic rings. The summed E-state index contributed by atoms with van der Waals surface area (Å²) in [5, 5.41) is 2.79. The lowest BCUT2D eigenvalue weighted by molar-refractivity contribution is -0.116. The van der Waals surface area contributed by atoms with Crippen LogP contribution < -0.4 is 10.1 Å². The van der Waals surface area contributed by atoms with Crippen molar-refractivity contribution < 1.29 is 17.9 Å². The molecular weight excluding hydrogens is 354 g/mol. The van der Waals surface area contributed by atoms with Crippen molar-refractivity contribution >= 4 is 27.5 Å². The summed E-state index contributed by atoms with van der Waals surface area (Å²) in [6, 6.07) is 12.0. The number of carbonyl (C=O) groups excluding carboxylic acids is 1. The molecule has 0 radical (unpaired) electrons. The highest BCUT2D eigenvalue weighted by atomic mass is 32.2. The van der Waals surface area contributed by atoms with Crippen molar-refractivity contribution in [3.8, 4) is 5.75 Å². The minimum absolute atomic E-state index is 0.0558. The number of sulfonamides is 1. The number of aryl methyl sites for hydroxylation is 1. The summed E-state index contributed by atoms with van der Waals surface area (Å²) in [5.74, 6) is 0.505. The van der Waals surface area contributed by atoms with E-state index >= 15 is 0 Å². The van der Waals surface area contributed by atoms with Crippen LogP contribution in [0.15, 0.2) is 51.8 Å². The molecular formula is C18H19N3O4S. The van der Waals surface area contributed by atoms with Crippen LogP contribution in [0, 0.1) is 6.92 Å². The zero-order valence-electron chi connectivity index (χ0n) is 14.7. The predicted molar refractivity (Wildman–Crippen MR) is 99.2 cm³/mol. The van der Waals surface area contributed by atoms with Gasteiger partial charge >= 0.3 is 0 Å². The summed E-state index contributed by atoms with van der Waals surface area (Å²) in [6.07, 6.45) is 0. The molecule has 0 bridgehead atoms. The lowest BCUT2D eigenvalue weighted by atomic mass is 10.2. The summed E-state index contributed by atoms with van der Waals surface area (Å²) >= 11 is 0. The summed E-state index contributed by atoms with van der Waals surface area (Å²) in [5.41, 5.74) is 2.04. The first-order valence-corrected chi connectivity index (χ1v) is 9.36. The van der Waals surface area contributed by atoms with Gasteiger partial charge in [-0.15, -0.1) is 4.40 Å². The molecule has 8 heteroatoms. The van der Waals surface area contributed by atoms with E-state index in [0.29, 0.717) is 17.0 Å². The molecule has 1 aliphatic heterocycles. The molecule has 1 amide bonds. The number of rotatable bonds is 4. The molecule has 0 spiro atoms. The Morgan fingerprint density at radius 3 is 2.69 bits per heavy atom. The van der Waals surface area contributed by atoms with Gasteiger partial charge in [-0.2, -0.15) is 8.42 Å². The fourth-order valence-corrected chi connectivity index (χ4v) is 4.01. The van der Waals surface area contributed by atoms with Crippen molar-refractivity contribution in [2.24, 2.45) is 4.40 Å². The zero-order chi connectivity index (χ0) is 18.9. The van der Waals surface area contributed by atoms with Crippen molar-refractivity contribution in [2.75, 3.05) is 26.0 Å². The predicted octanol–water partition coefficient (Wildman–Crippen LogP) is 2.02. The lowest BCUT2D eigenvalue weighted by Gasteiger charge is -2.19. The van der Waals surface area contributed by atoms with Gasteiger partial charge in [0.15, 0.2) is 5.84 Å². The summed E-state index contributed by atoms with van der Waals surface area (Å²) < 4.78 is 33.3. The third kappa shape index (κ3) is 3.41. The molecule has 0 saturated heterocycles. The van der Waals surface area contributed by atoms with E-state index in [2.05, 4.69) is 9.71 Å². The first kappa shape index (κ1) is 17.9. The Balaban J connectivity index is 1.78. The van der Waals surface area contributed by atoms with Crippen LogP contribution in [0.2, 0.25) is 0 Å². The maximum absolute atomic E-state index is 12.4. The molecule has 7 nitrogen and oxygen atoms in total. The fraction of sp³-hybridized carbons (Fsp3) is 0.222. The van der Waals surface area contributed by atoms with E-state index in [1.54, 1.807) is 31.3 Å². The van der Waals surface area contributed by atoms with Gasteiger partial charge in [-0.1, -0.05) is 18.2 Å². The molecule has 0 atom stereocenters. The Bertz CT molecular complexity index is 999. The number of hydrogen-bond donors (Lipinski definition) is 1. The first-order chi connectivity index (χ1) is 12.3. The number of benzene rings is 2. The van der Waals surface area contributed by atoms with E-state index in [0.717, 1.165) is 5.56 Å². The molecule has 26 heavy (non-hydrogen) atoms. The van der Waals surface area contributed by atoms with Crippen LogP contribution in [0.1, 0.15) is 11.1 Å². The second-order valence-corrected chi connectivity index (χ2v) is 7.57. The van der Waals surface area contributed by atoms with Crippen LogP contribution in [0.3, 0.4) is 0 Å². The molecule has 0 fully saturated rings. The number of amidine groups is 1. The number of carbonyl (C=O) groups is 1. The molecule has 1 heterocycles. The number of amides is 1. The number of nitrogens with zero attached hydrogens (tertiary/aromatic N) is 2. The minimum Gasteiger partial charge on any atom is -0.495 e. The van der Waals surface area contributed by atoms with Crippen molar-refractivity contribution in [3.05, 3.63) is 53.6 Å². The second kappa shape index (κ2) is 6.80. The molecule has 3 rings (SSSR count). The molecule has 0 aromatic heterocycles. The SMILES string of the molecule is COc1ccc(C)cc1NC(=O)CN(C)C1=NS(=O)(=O)c2ccccc21. The smallest absolute Gasteiger partial charge is 0.285 e. The van der Waals surface area contributed by atoms with Crippen LogP contribution in [-0.4, -0.2) is 45.8 Å².